The SMILES string of the molecule is CCc1nc(Cl)cc(N(C)CC(C)C(=O)NC)n1. The molecular formula is C12H19ClN4O. The molecule has 1 aromatic rings. The second kappa shape index (κ2) is 6.54. The summed E-state index contributed by atoms with van der Waals surface area (Å²) in [5, 5.41) is 3.06. The molecule has 1 amide bonds. The first-order valence-electron chi connectivity index (χ1n) is 5.94. The standard InChI is InChI=1S/C12H19ClN4O/c1-5-10-15-9(13)6-11(16-10)17(4)7-8(2)12(18)14-3/h6,8H,5,7H2,1-4H3,(H,14,18). The lowest BCUT2D eigenvalue weighted by Gasteiger charge is -2.22. The lowest BCUT2D eigenvalue weighted by atomic mass is 10.1. The minimum atomic E-state index is -0.112. The van der Waals surface area contributed by atoms with E-state index in [1.165, 1.54) is 0 Å². The van der Waals surface area contributed by atoms with Crippen molar-refractivity contribution in [2.24, 2.45) is 5.92 Å². The van der Waals surface area contributed by atoms with Crippen molar-refractivity contribution in [2.75, 3.05) is 25.5 Å². The Morgan fingerprint density at radius 2 is 2.22 bits per heavy atom. The minimum absolute atomic E-state index is 0.0118. The van der Waals surface area contributed by atoms with Crippen LogP contribution in [0.5, 0.6) is 0 Å². The number of halogens is 1. The van der Waals surface area contributed by atoms with Crippen LogP contribution < -0.4 is 10.2 Å². The summed E-state index contributed by atoms with van der Waals surface area (Å²) >= 11 is 5.94. The van der Waals surface area contributed by atoms with Crippen LogP contribution in [0, 0.1) is 5.92 Å². The third-order valence-corrected chi connectivity index (χ3v) is 2.87. The molecule has 18 heavy (non-hydrogen) atoms. The summed E-state index contributed by atoms with van der Waals surface area (Å²) in [4.78, 5) is 21.9. The molecule has 1 rings (SSSR count). The van der Waals surface area contributed by atoms with Gasteiger partial charge in [-0.15, -0.1) is 0 Å². The lowest BCUT2D eigenvalue weighted by Crippen LogP contribution is -2.34. The van der Waals surface area contributed by atoms with Gasteiger partial charge in [0, 0.05) is 33.1 Å². The van der Waals surface area contributed by atoms with Gasteiger partial charge < -0.3 is 10.2 Å². The van der Waals surface area contributed by atoms with Crippen LogP contribution in [-0.4, -0.2) is 36.5 Å². The van der Waals surface area contributed by atoms with Gasteiger partial charge in [-0.3, -0.25) is 4.79 Å². The van der Waals surface area contributed by atoms with Crippen LogP contribution in [0.25, 0.3) is 0 Å². The maximum Gasteiger partial charge on any atom is 0.224 e. The highest BCUT2D eigenvalue weighted by Gasteiger charge is 2.15. The van der Waals surface area contributed by atoms with Crippen molar-refractivity contribution in [2.45, 2.75) is 20.3 Å². The number of aryl methyl sites for hydroxylation is 1. The summed E-state index contributed by atoms with van der Waals surface area (Å²) in [5.41, 5.74) is 0. The number of anilines is 1. The molecule has 0 radical (unpaired) electrons. The average Bonchev–Trinajstić information content (AvgIpc) is 2.36. The van der Waals surface area contributed by atoms with Crippen molar-refractivity contribution in [1.82, 2.24) is 15.3 Å². The lowest BCUT2D eigenvalue weighted by molar-refractivity contribution is -0.123. The van der Waals surface area contributed by atoms with Crippen LogP contribution in [0.1, 0.15) is 19.7 Å². The van der Waals surface area contributed by atoms with Crippen molar-refractivity contribution in [1.29, 1.82) is 0 Å². The van der Waals surface area contributed by atoms with E-state index < -0.39 is 0 Å². The fourth-order valence-electron chi connectivity index (χ4n) is 1.64. The van der Waals surface area contributed by atoms with E-state index >= 15 is 0 Å². The molecule has 0 saturated heterocycles. The topological polar surface area (TPSA) is 58.1 Å². The molecule has 1 unspecified atom stereocenters. The first-order chi connectivity index (χ1) is 8.47. The van der Waals surface area contributed by atoms with E-state index in [1.807, 2.05) is 25.8 Å². The Balaban J connectivity index is 2.80. The molecule has 0 aliphatic heterocycles. The van der Waals surface area contributed by atoms with E-state index in [0.29, 0.717) is 17.5 Å². The summed E-state index contributed by atoms with van der Waals surface area (Å²) in [6.45, 7) is 4.43. The molecule has 0 spiro atoms. The van der Waals surface area contributed by atoms with Crippen molar-refractivity contribution in [3.05, 3.63) is 17.0 Å². The number of hydrogen-bond acceptors (Lipinski definition) is 4. The largest absolute Gasteiger partial charge is 0.359 e. The Morgan fingerprint density at radius 1 is 1.56 bits per heavy atom. The van der Waals surface area contributed by atoms with Gasteiger partial charge >= 0.3 is 0 Å². The van der Waals surface area contributed by atoms with Crippen molar-refractivity contribution in [3.63, 3.8) is 0 Å². The molecule has 1 heterocycles. The zero-order chi connectivity index (χ0) is 13.7. The number of rotatable bonds is 5. The fourth-order valence-corrected chi connectivity index (χ4v) is 1.83. The van der Waals surface area contributed by atoms with Crippen LogP contribution in [0.3, 0.4) is 0 Å². The molecule has 5 nitrogen and oxygen atoms in total. The number of nitrogens with one attached hydrogen (secondary N) is 1. The van der Waals surface area contributed by atoms with Crippen LogP contribution in [0.2, 0.25) is 5.15 Å². The zero-order valence-corrected chi connectivity index (χ0v) is 12.0. The number of nitrogens with zero attached hydrogens (tertiary/aromatic N) is 3. The second-order valence-electron chi connectivity index (χ2n) is 4.21. The van der Waals surface area contributed by atoms with Crippen molar-refractivity contribution in [3.8, 4) is 0 Å². The number of carbonyl (C=O) groups excluding carboxylic acids is 1. The van der Waals surface area contributed by atoms with E-state index in [9.17, 15) is 4.79 Å². The van der Waals surface area contributed by atoms with Gasteiger partial charge in [0.25, 0.3) is 0 Å². The predicted octanol–water partition coefficient (Wildman–Crippen LogP) is 1.51. The highest BCUT2D eigenvalue weighted by atomic mass is 35.5. The van der Waals surface area contributed by atoms with Gasteiger partial charge in [-0.05, 0) is 0 Å². The monoisotopic (exact) mass is 270 g/mol. The van der Waals surface area contributed by atoms with E-state index in [0.717, 1.165) is 12.2 Å². The maximum atomic E-state index is 11.5. The van der Waals surface area contributed by atoms with Crippen LogP contribution in [0.4, 0.5) is 5.82 Å². The first kappa shape index (κ1) is 14.7. The van der Waals surface area contributed by atoms with Gasteiger partial charge in [-0.2, -0.15) is 0 Å². The summed E-state index contributed by atoms with van der Waals surface area (Å²) in [6.07, 6.45) is 0.729. The number of carbonyl (C=O) groups is 1. The average molecular weight is 271 g/mol. The van der Waals surface area contributed by atoms with Crippen LogP contribution in [0.15, 0.2) is 6.07 Å². The molecule has 0 aliphatic carbocycles. The number of amides is 1. The molecule has 0 bridgehead atoms. The minimum Gasteiger partial charge on any atom is -0.359 e. The molecule has 0 saturated carbocycles. The molecule has 0 fully saturated rings. The van der Waals surface area contributed by atoms with E-state index in [-0.39, 0.29) is 11.8 Å². The Kier molecular flexibility index (Phi) is 5.34. The number of hydrogen-bond donors (Lipinski definition) is 1. The molecular weight excluding hydrogens is 252 g/mol. The molecule has 1 atom stereocenters. The normalized spacial score (nSPS) is 12.1. The molecule has 0 aliphatic rings. The van der Waals surface area contributed by atoms with Gasteiger partial charge in [-0.1, -0.05) is 25.4 Å². The summed E-state index contributed by atoms with van der Waals surface area (Å²) in [7, 11) is 3.52. The summed E-state index contributed by atoms with van der Waals surface area (Å²) in [5.74, 6) is 1.34. The highest BCUT2D eigenvalue weighted by Crippen LogP contribution is 2.16. The van der Waals surface area contributed by atoms with E-state index in [4.69, 9.17) is 11.6 Å². The Morgan fingerprint density at radius 3 is 2.78 bits per heavy atom. The van der Waals surface area contributed by atoms with Crippen molar-refractivity contribution < 1.29 is 4.79 Å². The predicted molar refractivity (Wildman–Crippen MR) is 72.9 cm³/mol. The summed E-state index contributed by atoms with van der Waals surface area (Å²) in [6, 6.07) is 1.71. The van der Waals surface area contributed by atoms with Gasteiger partial charge in [-0.25, -0.2) is 9.97 Å². The second-order valence-corrected chi connectivity index (χ2v) is 4.60. The third kappa shape index (κ3) is 3.84. The molecule has 6 heteroatoms. The van der Waals surface area contributed by atoms with E-state index in [1.54, 1.807) is 13.1 Å². The van der Waals surface area contributed by atoms with Gasteiger partial charge in [0.2, 0.25) is 5.91 Å². The number of aromatic nitrogens is 2. The quantitative estimate of drug-likeness (QED) is 0.824. The van der Waals surface area contributed by atoms with Crippen molar-refractivity contribution >= 4 is 23.3 Å². The molecule has 100 valence electrons. The smallest absolute Gasteiger partial charge is 0.224 e. The third-order valence-electron chi connectivity index (χ3n) is 2.68. The molecule has 1 N–H and O–H groups in total. The first-order valence-corrected chi connectivity index (χ1v) is 6.31. The van der Waals surface area contributed by atoms with Gasteiger partial charge in [0.15, 0.2) is 0 Å². The Bertz CT molecular complexity index is 425. The van der Waals surface area contributed by atoms with Gasteiger partial charge in [0.05, 0.1) is 5.92 Å². The Hall–Kier alpha value is -1.36. The van der Waals surface area contributed by atoms with Gasteiger partial charge in [0.1, 0.15) is 16.8 Å². The fraction of sp³-hybridized carbons (Fsp3) is 0.583. The maximum absolute atomic E-state index is 11.5. The zero-order valence-electron chi connectivity index (χ0n) is 11.2. The Labute approximate surface area is 113 Å². The summed E-state index contributed by atoms with van der Waals surface area (Å²) < 4.78 is 0. The van der Waals surface area contributed by atoms with E-state index in [2.05, 4.69) is 15.3 Å². The molecule has 1 aromatic heterocycles. The van der Waals surface area contributed by atoms with Crippen LogP contribution in [-0.2, 0) is 11.2 Å². The molecule has 0 aromatic carbocycles. The van der Waals surface area contributed by atoms with Crippen LogP contribution >= 0.6 is 11.6 Å². The highest BCUT2D eigenvalue weighted by molar-refractivity contribution is 6.29.